The molecule has 5 nitrogen and oxygen atoms in total. The van der Waals surface area contributed by atoms with Crippen molar-refractivity contribution in [2.75, 3.05) is 26.2 Å². The van der Waals surface area contributed by atoms with Gasteiger partial charge in [-0.2, -0.15) is 0 Å². The average molecular weight is 322 g/mol. The molecule has 5 atom stereocenters. The third-order valence-corrected chi connectivity index (χ3v) is 6.41. The maximum Gasteiger partial charge on any atom is 0.311 e. The van der Waals surface area contributed by atoms with E-state index in [-0.39, 0.29) is 17.9 Å². The minimum atomic E-state index is -0.664. The highest BCUT2D eigenvalue weighted by atomic mass is 16.4. The van der Waals surface area contributed by atoms with Crippen LogP contribution in [0.3, 0.4) is 0 Å². The van der Waals surface area contributed by atoms with Crippen LogP contribution >= 0.6 is 0 Å². The summed E-state index contributed by atoms with van der Waals surface area (Å²) in [5.74, 6) is 0.845. The number of carboxylic acids is 1. The fourth-order valence-corrected chi connectivity index (χ4v) is 5.24. The van der Waals surface area contributed by atoms with Crippen molar-refractivity contribution >= 4 is 11.9 Å². The van der Waals surface area contributed by atoms with Crippen LogP contribution in [0.1, 0.15) is 46.5 Å². The fraction of sp³-hybridized carbons (Fsp3) is 0.889. The normalized spacial score (nSPS) is 39.3. The first kappa shape index (κ1) is 16.7. The van der Waals surface area contributed by atoms with Crippen molar-refractivity contribution in [3.63, 3.8) is 0 Å². The van der Waals surface area contributed by atoms with Crippen molar-refractivity contribution in [2.24, 2.45) is 23.2 Å². The Kier molecular flexibility index (Phi) is 4.43. The van der Waals surface area contributed by atoms with Gasteiger partial charge in [-0.05, 0) is 43.9 Å². The molecule has 3 rings (SSSR count). The third kappa shape index (κ3) is 2.88. The number of hydrogen-bond donors (Lipinski definition) is 1. The Morgan fingerprint density at radius 1 is 1.17 bits per heavy atom. The monoisotopic (exact) mass is 322 g/mol. The van der Waals surface area contributed by atoms with E-state index < -0.39 is 11.4 Å². The summed E-state index contributed by atoms with van der Waals surface area (Å²) in [6.07, 6.45) is 3.95. The molecule has 1 aliphatic carbocycles. The van der Waals surface area contributed by atoms with Crippen LogP contribution in [0.15, 0.2) is 0 Å². The van der Waals surface area contributed by atoms with Crippen molar-refractivity contribution in [3.05, 3.63) is 0 Å². The quantitative estimate of drug-likeness (QED) is 0.864. The second-order valence-electron chi connectivity index (χ2n) is 8.35. The number of amides is 1. The topological polar surface area (TPSA) is 60.9 Å². The third-order valence-electron chi connectivity index (χ3n) is 6.41. The number of rotatable bonds is 3. The van der Waals surface area contributed by atoms with Gasteiger partial charge in [0.15, 0.2) is 0 Å². The van der Waals surface area contributed by atoms with E-state index in [4.69, 9.17) is 0 Å². The van der Waals surface area contributed by atoms with Gasteiger partial charge in [0.05, 0.1) is 11.5 Å². The van der Waals surface area contributed by atoms with Crippen molar-refractivity contribution < 1.29 is 14.7 Å². The van der Waals surface area contributed by atoms with Crippen molar-refractivity contribution in [1.29, 1.82) is 0 Å². The van der Waals surface area contributed by atoms with Crippen LogP contribution in [0.4, 0.5) is 0 Å². The average Bonchev–Trinajstić information content (AvgIpc) is 3.02. The van der Waals surface area contributed by atoms with Gasteiger partial charge in [0, 0.05) is 26.2 Å². The highest BCUT2D eigenvalue weighted by molar-refractivity contribution is 5.82. The maximum atomic E-state index is 12.9. The summed E-state index contributed by atoms with van der Waals surface area (Å²) in [4.78, 5) is 28.8. The van der Waals surface area contributed by atoms with E-state index in [0.29, 0.717) is 18.4 Å². The molecule has 2 heterocycles. The zero-order valence-corrected chi connectivity index (χ0v) is 14.6. The van der Waals surface area contributed by atoms with Crippen LogP contribution in [-0.2, 0) is 9.59 Å². The molecule has 3 aliphatic rings. The molecule has 0 radical (unpaired) electrons. The summed E-state index contributed by atoms with van der Waals surface area (Å²) in [5.41, 5.74) is -0.600. The molecule has 0 bridgehead atoms. The SMILES string of the molecule is CC1CC(C)CN(C(=O)C(C)N2C[C@@H]3CCC[C@@]3(C(=O)O)C2)C1. The van der Waals surface area contributed by atoms with Crippen LogP contribution in [0, 0.1) is 23.2 Å². The largest absolute Gasteiger partial charge is 0.481 e. The van der Waals surface area contributed by atoms with Crippen LogP contribution in [0.5, 0.6) is 0 Å². The highest BCUT2D eigenvalue weighted by Crippen LogP contribution is 2.49. The second-order valence-corrected chi connectivity index (χ2v) is 8.35. The summed E-state index contributed by atoms with van der Waals surface area (Å²) in [5, 5.41) is 9.71. The molecule has 0 aromatic carbocycles. The first-order valence-corrected chi connectivity index (χ1v) is 9.09. The summed E-state index contributed by atoms with van der Waals surface area (Å²) < 4.78 is 0. The highest BCUT2D eigenvalue weighted by Gasteiger charge is 2.56. The van der Waals surface area contributed by atoms with Gasteiger partial charge in [-0.25, -0.2) is 0 Å². The molecular weight excluding hydrogens is 292 g/mol. The fourth-order valence-electron chi connectivity index (χ4n) is 5.24. The molecule has 0 aromatic rings. The number of carboxylic acid groups (broad SMARTS) is 1. The minimum Gasteiger partial charge on any atom is -0.481 e. The van der Waals surface area contributed by atoms with E-state index in [1.165, 1.54) is 6.42 Å². The number of carbonyl (C=O) groups excluding carboxylic acids is 1. The number of piperidine rings is 1. The smallest absolute Gasteiger partial charge is 0.311 e. The lowest BCUT2D eigenvalue weighted by molar-refractivity contribution is -0.150. The summed E-state index contributed by atoms with van der Waals surface area (Å²) in [6.45, 7) is 9.37. The van der Waals surface area contributed by atoms with Crippen molar-refractivity contribution in [2.45, 2.75) is 52.5 Å². The summed E-state index contributed by atoms with van der Waals surface area (Å²) >= 11 is 0. The van der Waals surface area contributed by atoms with E-state index in [1.54, 1.807) is 0 Å². The van der Waals surface area contributed by atoms with E-state index in [2.05, 4.69) is 18.7 Å². The second kappa shape index (κ2) is 6.08. The Morgan fingerprint density at radius 3 is 2.39 bits per heavy atom. The van der Waals surface area contributed by atoms with E-state index >= 15 is 0 Å². The first-order valence-electron chi connectivity index (χ1n) is 9.09. The van der Waals surface area contributed by atoms with Crippen LogP contribution in [0.2, 0.25) is 0 Å². The van der Waals surface area contributed by atoms with Gasteiger partial charge in [-0.1, -0.05) is 20.3 Å². The van der Waals surface area contributed by atoms with E-state index in [1.807, 2.05) is 11.8 Å². The van der Waals surface area contributed by atoms with Gasteiger partial charge in [0.25, 0.3) is 0 Å². The van der Waals surface area contributed by atoms with Crippen LogP contribution in [0.25, 0.3) is 0 Å². The Labute approximate surface area is 139 Å². The van der Waals surface area contributed by atoms with Crippen LogP contribution in [-0.4, -0.2) is 59.0 Å². The Morgan fingerprint density at radius 2 is 1.83 bits per heavy atom. The number of likely N-dealkylation sites (tertiary alicyclic amines) is 2. The maximum absolute atomic E-state index is 12.9. The summed E-state index contributed by atoms with van der Waals surface area (Å²) in [7, 11) is 0. The van der Waals surface area contributed by atoms with Gasteiger partial charge >= 0.3 is 5.97 Å². The predicted molar refractivity (Wildman–Crippen MR) is 88.0 cm³/mol. The molecular formula is C18H30N2O3. The molecule has 2 saturated heterocycles. The first-order chi connectivity index (χ1) is 10.8. The molecule has 3 unspecified atom stereocenters. The summed E-state index contributed by atoms with van der Waals surface area (Å²) in [6, 6.07) is -0.200. The molecule has 1 saturated carbocycles. The van der Waals surface area contributed by atoms with Crippen molar-refractivity contribution in [1.82, 2.24) is 9.80 Å². The molecule has 130 valence electrons. The van der Waals surface area contributed by atoms with E-state index in [9.17, 15) is 14.7 Å². The molecule has 0 spiro atoms. The molecule has 0 aromatic heterocycles. The van der Waals surface area contributed by atoms with Gasteiger partial charge in [0.2, 0.25) is 5.91 Å². The Balaban J connectivity index is 1.68. The lowest BCUT2D eigenvalue weighted by Gasteiger charge is -2.38. The van der Waals surface area contributed by atoms with Crippen LogP contribution < -0.4 is 0 Å². The number of carbonyl (C=O) groups is 2. The van der Waals surface area contributed by atoms with Gasteiger partial charge in [-0.15, -0.1) is 0 Å². The van der Waals surface area contributed by atoms with Gasteiger partial charge < -0.3 is 10.0 Å². The molecule has 2 aliphatic heterocycles. The number of nitrogens with zero attached hydrogens (tertiary/aromatic N) is 2. The van der Waals surface area contributed by atoms with Gasteiger partial charge in [0.1, 0.15) is 0 Å². The predicted octanol–water partition coefficient (Wildman–Crippen LogP) is 2.07. The lowest BCUT2D eigenvalue weighted by atomic mass is 9.81. The molecule has 5 heteroatoms. The van der Waals surface area contributed by atoms with E-state index in [0.717, 1.165) is 38.9 Å². The van der Waals surface area contributed by atoms with Crippen molar-refractivity contribution in [3.8, 4) is 0 Å². The molecule has 3 fully saturated rings. The zero-order chi connectivity index (χ0) is 16.8. The number of aliphatic carboxylic acids is 1. The van der Waals surface area contributed by atoms with Gasteiger partial charge in [-0.3, -0.25) is 14.5 Å². The minimum absolute atomic E-state index is 0.184. The lowest BCUT2D eigenvalue weighted by Crippen LogP contribution is -2.51. The molecule has 1 N–H and O–H groups in total. The zero-order valence-electron chi connectivity index (χ0n) is 14.6. The Hall–Kier alpha value is -1.10. The molecule has 23 heavy (non-hydrogen) atoms. The number of fused-ring (bicyclic) bond motifs is 1. The Bertz CT molecular complexity index is 485. The standard InChI is InChI=1S/C18H30N2O3/c1-12-7-13(2)9-19(8-12)16(21)14(3)20-10-15-5-4-6-18(15,11-20)17(22)23/h12-15H,4-11H2,1-3H3,(H,22,23)/t12?,13?,14?,15-,18+/m0/s1. The number of hydrogen-bond acceptors (Lipinski definition) is 3. The molecule has 1 amide bonds.